The number of aryl methyl sites for hydroxylation is 1. The maximum Gasteiger partial charge on any atom is 0.278 e. The van der Waals surface area contributed by atoms with Gasteiger partial charge in [0.15, 0.2) is 11.5 Å². The van der Waals surface area contributed by atoms with Crippen LogP contribution in [0.1, 0.15) is 25.4 Å². The van der Waals surface area contributed by atoms with Crippen molar-refractivity contribution in [3.8, 4) is 5.82 Å². The molecular formula is C24H24N8O2. The summed E-state index contributed by atoms with van der Waals surface area (Å²) in [6.07, 6.45) is 3.13. The van der Waals surface area contributed by atoms with Crippen molar-refractivity contribution in [2.24, 2.45) is 0 Å². The van der Waals surface area contributed by atoms with Gasteiger partial charge in [-0.15, -0.1) is 6.58 Å². The first-order chi connectivity index (χ1) is 16.2. The summed E-state index contributed by atoms with van der Waals surface area (Å²) in [6.45, 7) is 9.24. The molecule has 4 heterocycles. The monoisotopic (exact) mass is 456 g/mol. The summed E-state index contributed by atoms with van der Waals surface area (Å²) in [5, 5.41) is 14.0. The predicted molar refractivity (Wildman–Crippen MR) is 130 cm³/mol. The van der Waals surface area contributed by atoms with Crippen LogP contribution < -0.4 is 10.9 Å². The fourth-order valence-corrected chi connectivity index (χ4v) is 3.83. The van der Waals surface area contributed by atoms with E-state index in [2.05, 4.69) is 36.8 Å². The fourth-order valence-electron chi connectivity index (χ4n) is 3.83. The molecule has 10 heteroatoms. The van der Waals surface area contributed by atoms with Gasteiger partial charge in [0.2, 0.25) is 5.95 Å². The van der Waals surface area contributed by atoms with Gasteiger partial charge in [-0.2, -0.15) is 4.98 Å². The first-order valence-corrected chi connectivity index (χ1v) is 10.8. The van der Waals surface area contributed by atoms with Crippen molar-refractivity contribution >= 4 is 33.7 Å². The van der Waals surface area contributed by atoms with E-state index in [1.165, 1.54) is 10.9 Å². The van der Waals surface area contributed by atoms with Crippen molar-refractivity contribution in [1.82, 2.24) is 34.3 Å². The van der Waals surface area contributed by atoms with E-state index in [0.717, 1.165) is 22.5 Å². The zero-order valence-corrected chi connectivity index (χ0v) is 19.1. The molecule has 0 radical (unpaired) electrons. The Kier molecular flexibility index (Phi) is 5.02. The molecule has 0 spiro atoms. The van der Waals surface area contributed by atoms with E-state index >= 15 is 0 Å². The number of rotatable bonds is 6. The lowest BCUT2D eigenvalue weighted by Crippen LogP contribution is -2.23. The molecule has 0 aliphatic heterocycles. The van der Waals surface area contributed by atoms with E-state index in [1.807, 2.05) is 25.1 Å². The lowest BCUT2D eigenvalue weighted by atomic mass is 10.1. The number of aliphatic hydroxyl groups is 1. The third-order valence-electron chi connectivity index (χ3n) is 5.41. The number of hydrogen-bond acceptors (Lipinski definition) is 7. The number of pyridine rings is 1. The molecule has 4 aromatic heterocycles. The molecule has 0 unspecified atom stereocenters. The summed E-state index contributed by atoms with van der Waals surface area (Å²) >= 11 is 0. The Morgan fingerprint density at radius 3 is 2.79 bits per heavy atom. The predicted octanol–water partition coefficient (Wildman–Crippen LogP) is 3.32. The van der Waals surface area contributed by atoms with Crippen LogP contribution in [0.15, 0.2) is 60.0 Å². The van der Waals surface area contributed by atoms with Gasteiger partial charge in [0, 0.05) is 11.9 Å². The topological polar surface area (TPSA) is 127 Å². The van der Waals surface area contributed by atoms with Gasteiger partial charge in [0.25, 0.3) is 5.56 Å². The number of nitrogens with one attached hydrogen (secondary N) is 2. The number of fused-ring (bicyclic) bond motifs is 2. The fraction of sp³-hybridized carbons (Fsp3) is 0.208. The number of allylic oxidation sites excluding steroid dienone is 1. The van der Waals surface area contributed by atoms with Gasteiger partial charge in [-0.3, -0.25) is 4.79 Å². The van der Waals surface area contributed by atoms with Crippen LogP contribution in [0.25, 0.3) is 27.9 Å². The number of imidazole rings is 1. The van der Waals surface area contributed by atoms with Crippen LogP contribution >= 0.6 is 0 Å². The molecule has 1 aromatic carbocycles. The highest BCUT2D eigenvalue weighted by Crippen LogP contribution is 2.23. The van der Waals surface area contributed by atoms with Crippen molar-refractivity contribution < 1.29 is 5.11 Å². The van der Waals surface area contributed by atoms with Crippen molar-refractivity contribution in [2.75, 3.05) is 5.32 Å². The van der Waals surface area contributed by atoms with Crippen molar-refractivity contribution in [3.63, 3.8) is 0 Å². The molecule has 0 aliphatic carbocycles. The van der Waals surface area contributed by atoms with Gasteiger partial charge in [0.1, 0.15) is 16.8 Å². The third kappa shape index (κ3) is 3.73. The highest BCUT2D eigenvalue weighted by Gasteiger charge is 2.21. The van der Waals surface area contributed by atoms with E-state index < -0.39 is 5.60 Å². The second kappa shape index (κ2) is 7.92. The zero-order chi connectivity index (χ0) is 24.0. The van der Waals surface area contributed by atoms with Crippen molar-refractivity contribution in [2.45, 2.75) is 32.9 Å². The Bertz CT molecular complexity index is 1600. The third-order valence-corrected chi connectivity index (χ3v) is 5.41. The van der Waals surface area contributed by atoms with Crippen LogP contribution in [0, 0.1) is 6.92 Å². The lowest BCUT2D eigenvalue weighted by Gasteiger charge is -2.18. The zero-order valence-electron chi connectivity index (χ0n) is 19.1. The second-order valence-corrected chi connectivity index (χ2v) is 8.54. The van der Waals surface area contributed by atoms with Crippen LogP contribution in [-0.4, -0.2) is 39.4 Å². The smallest absolute Gasteiger partial charge is 0.278 e. The standard InChI is InChI=1S/C24H24N8O2/c1-5-11-31-22(33)16-13-25-23(28-15-9-10-17-18(12-15)27-14(2)26-17)30-21(16)32(31)20-8-6-7-19(29-20)24(3,4)34/h5-10,12-13,34H,1,11H2,2-4H3,(H,26,27)(H,25,28,30). The molecule has 0 atom stereocenters. The second-order valence-electron chi connectivity index (χ2n) is 8.54. The van der Waals surface area contributed by atoms with Crippen LogP contribution in [-0.2, 0) is 12.1 Å². The number of benzene rings is 1. The highest BCUT2D eigenvalue weighted by atomic mass is 16.3. The molecule has 0 fully saturated rings. The van der Waals surface area contributed by atoms with Crippen LogP contribution in [0.5, 0.6) is 0 Å². The van der Waals surface area contributed by atoms with E-state index in [0.29, 0.717) is 28.5 Å². The molecular weight excluding hydrogens is 432 g/mol. The van der Waals surface area contributed by atoms with Gasteiger partial charge < -0.3 is 15.4 Å². The average Bonchev–Trinajstić information content (AvgIpc) is 3.29. The number of aromatic amines is 1. The van der Waals surface area contributed by atoms with E-state index in [1.54, 1.807) is 42.8 Å². The number of aromatic nitrogens is 7. The van der Waals surface area contributed by atoms with Crippen LogP contribution in [0.4, 0.5) is 11.6 Å². The Morgan fingerprint density at radius 2 is 2.03 bits per heavy atom. The van der Waals surface area contributed by atoms with E-state index in [-0.39, 0.29) is 12.1 Å². The number of anilines is 2. The first kappa shape index (κ1) is 21.5. The minimum Gasteiger partial charge on any atom is -0.384 e. The molecule has 172 valence electrons. The molecule has 5 aromatic rings. The molecule has 0 saturated heterocycles. The number of hydrogen-bond donors (Lipinski definition) is 3. The summed E-state index contributed by atoms with van der Waals surface area (Å²) in [5.41, 5.74) is 2.00. The summed E-state index contributed by atoms with van der Waals surface area (Å²) in [6, 6.07) is 11.0. The lowest BCUT2D eigenvalue weighted by molar-refractivity contribution is 0.0738. The van der Waals surface area contributed by atoms with E-state index in [4.69, 9.17) is 0 Å². The van der Waals surface area contributed by atoms with Gasteiger partial charge >= 0.3 is 0 Å². The molecule has 10 nitrogen and oxygen atoms in total. The largest absolute Gasteiger partial charge is 0.384 e. The van der Waals surface area contributed by atoms with Crippen molar-refractivity contribution in [3.05, 3.63) is 77.1 Å². The highest BCUT2D eigenvalue weighted by molar-refractivity contribution is 5.81. The molecule has 0 amide bonds. The molecule has 5 rings (SSSR count). The Labute approximate surface area is 194 Å². The number of H-pyrrole nitrogens is 1. The van der Waals surface area contributed by atoms with Gasteiger partial charge in [-0.1, -0.05) is 12.1 Å². The summed E-state index contributed by atoms with van der Waals surface area (Å²) in [7, 11) is 0. The molecule has 0 bridgehead atoms. The maximum atomic E-state index is 13.1. The Hall–Kier alpha value is -4.31. The minimum atomic E-state index is -1.14. The average molecular weight is 457 g/mol. The first-order valence-electron chi connectivity index (χ1n) is 10.8. The number of nitrogens with zero attached hydrogens (tertiary/aromatic N) is 6. The summed E-state index contributed by atoms with van der Waals surface area (Å²) in [4.78, 5) is 34.3. The summed E-state index contributed by atoms with van der Waals surface area (Å²) < 4.78 is 3.12. The normalized spacial score (nSPS) is 11.9. The Balaban J connectivity index is 1.65. The SMILES string of the molecule is C=CCn1c(=O)c2cnc(Nc3ccc4nc(C)[nH]c4c3)nc2n1-c1cccc(C(C)(C)O)n1. The van der Waals surface area contributed by atoms with Gasteiger partial charge in [-0.25, -0.2) is 24.3 Å². The van der Waals surface area contributed by atoms with Crippen LogP contribution in [0.3, 0.4) is 0 Å². The Morgan fingerprint density at radius 1 is 1.21 bits per heavy atom. The van der Waals surface area contributed by atoms with E-state index in [9.17, 15) is 9.90 Å². The molecule has 0 aliphatic rings. The van der Waals surface area contributed by atoms with Gasteiger partial charge in [-0.05, 0) is 51.1 Å². The summed E-state index contributed by atoms with van der Waals surface area (Å²) in [5.74, 6) is 1.61. The van der Waals surface area contributed by atoms with Crippen LogP contribution in [0.2, 0.25) is 0 Å². The maximum absolute atomic E-state index is 13.1. The minimum absolute atomic E-state index is 0.252. The molecule has 3 N–H and O–H groups in total. The van der Waals surface area contributed by atoms with Gasteiger partial charge in [0.05, 0.1) is 23.3 Å². The van der Waals surface area contributed by atoms with Crippen molar-refractivity contribution in [1.29, 1.82) is 0 Å². The quantitative estimate of drug-likeness (QED) is 0.335. The molecule has 34 heavy (non-hydrogen) atoms. The molecule has 0 saturated carbocycles.